The number of hydrogen-bond acceptors (Lipinski definition) is 3. The van der Waals surface area contributed by atoms with E-state index in [-0.39, 0.29) is 18.4 Å². The summed E-state index contributed by atoms with van der Waals surface area (Å²) in [5, 5.41) is 0. The number of halogens is 1. The third kappa shape index (κ3) is 3.99. The molecule has 1 atom stereocenters. The van der Waals surface area contributed by atoms with Gasteiger partial charge in [-0.2, -0.15) is 0 Å². The van der Waals surface area contributed by atoms with Crippen LogP contribution in [0, 0.1) is 12.7 Å². The number of hydrogen-bond donors (Lipinski definition) is 0. The Balaban J connectivity index is 1.63. The zero-order valence-corrected chi connectivity index (χ0v) is 14.9. The van der Waals surface area contributed by atoms with Gasteiger partial charge in [0.2, 0.25) is 0 Å². The molecule has 3 aromatic rings. The summed E-state index contributed by atoms with van der Waals surface area (Å²) in [7, 11) is 0. The summed E-state index contributed by atoms with van der Waals surface area (Å²) in [5.74, 6) is -0.372. The fourth-order valence-corrected chi connectivity index (χ4v) is 2.80. The second-order valence-corrected chi connectivity index (χ2v) is 6.16. The molecular weight excluding hydrogens is 331 g/mol. The van der Waals surface area contributed by atoms with E-state index in [4.69, 9.17) is 4.74 Å². The molecular formula is C21H21FN2O2. The molecule has 0 saturated carbocycles. The van der Waals surface area contributed by atoms with Gasteiger partial charge in [-0.3, -0.25) is 4.79 Å². The van der Waals surface area contributed by atoms with Crippen molar-refractivity contribution in [2.24, 2.45) is 0 Å². The van der Waals surface area contributed by atoms with Gasteiger partial charge in [0, 0.05) is 18.0 Å². The highest BCUT2D eigenvalue weighted by atomic mass is 19.1. The van der Waals surface area contributed by atoms with Crippen molar-refractivity contribution < 1.29 is 13.9 Å². The molecule has 134 valence electrons. The van der Waals surface area contributed by atoms with E-state index < -0.39 is 5.92 Å². The van der Waals surface area contributed by atoms with Crippen LogP contribution in [0.5, 0.6) is 0 Å². The fourth-order valence-electron chi connectivity index (χ4n) is 2.80. The van der Waals surface area contributed by atoms with Gasteiger partial charge in [0.15, 0.2) is 0 Å². The van der Waals surface area contributed by atoms with Gasteiger partial charge >= 0.3 is 5.97 Å². The molecule has 1 aromatic heterocycles. The van der Waals surface area contributed by atoms with Gasteiger partial charge in [-0.15, -0.1) is 0 Å². The Morgan fingerprint density at radius 2 is 2.00 bits per heavy atom. The Kier molecular flexibility index (Phi) is 5.46. The lowest BCUT2D eigenvalue weighted by atomic mass is 9.97. The van der Waals surface area contributed by atoms with Gasteiger partial charge < -0.3 is 9.30 Å². The van der Waals surface area contributed by atoms with Crippen molar-refractivity contribution in [3.63, 3.8) is 0 Å². The van der Waals surface area contributed by atoms with Gasteiger partial charge in [0.1, 0.15) is 18.2 Å². The molecule has 0 N–H and O–H groups in total. The highest BCUT2D eigenvalue weighted by Crippen LogP contribution is 2.26. The van der Waals surface area contributed by atoms with Crippen LogP contribution in [0.15, 0.2) is 60.9 Å². The van der Waals surface area contributed by atoms with Crippen LogP contribution in [-0.4, -0.2) is 22.1 Å². The predicted molar refractivity (Wildman–Crippen MR) is 98.2 cm³/mol. The average molecular weight is 352 g/mol. The maximum absolute atomic E-state index is 14.5. The molecule has 5 heteroatoms. The number of benzene rings is 2. The van der Waals surface area contributed by atoms with Crippen LogP contribution in [-0.2, 0) is 16.1 Å². The molecule has 0 radical (unpaired) electrons. The molecule has 0 unspecified atom stereocenters. The second-order valence-electron chi connectivity index (χ2n) is 6.16. The van der Waals surface area contributed by atoms with Crippen LogP contribution in [0.25, 0.3) is 11.1 Å². The lowest BCUT2D eigenvalue weighted by Crippen LogP contribution is -2.17. The highest BCUT2D eigenvalue weighted by molar-refractivity contribution is 5.78. The molecule has 0 aliphatic carbocycles. The normalized spacial score (nSPS) is 12.0. The SMILES string of the molecule is Cc1nccn1CCOC(=O)[C@H](C)c1ccc(-c2ccccc2)c(F)c1. The second kappa shape index (κ2) is 7.95. The molecule has 0 saturated heterocycles. The van der Waals surface area contributed by atoms with Gasteiger partial charge in [-0.25, -0.2) is 9.37 Å². The maximum atomic E-state index is 14.5. The Morgan fingerprint density at radius 1 is 1.23 bits per heavy atom. The number of aryl methyl sites for hydroxylation is 1. The zero-order chi connectivity index (χ0) is 18.5. The summed E-state index contributed by atoms with van der Waals surface area (Å²) in [6.07, 6.45) is 3.54. The van der Waals surface area contributed by atoms with Crippen molar-refractivity contribution in [2.75, 3.05) is 6.61 Å². The monoisotopic (exact) mass is 352 g/mol. The first-order valence-corrected chi connectivity index (χ1v) is 8.55. The van der Waals surface area contributed by atoms with E-state index in [2.05, 4.69) is 4.98 Å². The van der Waals surface area contributed by atoms with Crippen LogP contribution >= 0.6 is 0 Å². The van der Waals surface area contributed by atoms with E-state index >= 15 is 0 Å². The van der Waals surface area contributed by atoms with Crippen LogP contribution in [0.1, 0.15) is 24.2 Å². The topological polar surface area (TPSA) is 44.1 Å². The van der Waals surface area contributed by atoms with E-state index in [0.717, 1.165) is 11.4 Å². The minimum absolute atomic E-state index is 0.255. The first-order valence-electron chi connectivity index (χ1n) is 8.55. The molecule has 3 rings (SSSR count). The number of esters is 1. The third-order valence-electron chi connectivity index (χ3n) is 4.43. The average Bonchev–Trinajstić information content (AvgIpc) is 3.06. The van der Waals surface area contributed by atoms with Crippen LogP contribution in [0.2, 0.25) is 0 Å². The van der Waals surface area contributed by atoms with Gasteiger partial charge in [0.05, 0.1) is 12.5 Å². The smallest absolute Gasteiger partial charge is 0.313 e. The minimum atomic E-state index is -0.529. The number of carbonyl (C=O) groups is 1. The summed E-state index contributed by atoms with van der Waals surface area (Å²) in [5.41, 5.74) is 1.93. The standard InChI is InChI=1S/C21H21FN2O2/c1-15(21(25)26-13-12-24-11-10-23-16(24)2)18-8-9-19(20(22)14-18)17-6-4-3-5-7-17/h3-11,14-15H,12-13H2,1-2H3/t15-/m1/s1. The molecule has 0 amide bonds. The lowest BCUT2D eigenvalue weighted by Gasteiger charge is -2.14. The molecule has 26 heavy (non-hydrogen) atoms. The van der Waals surface area contributed by atoms with Gasteiger partial charge in [-0.05, 0) is 31.0 Å². The number of nitrogens with zero attached hydrogens (tertiary/aromatic N) is 2. The Bertz CT molecular complexity index is 890. The summed E-state index contributed by atoms with van der Waals surface area (Å²) in [6, 6.07) is 14.2. The summed E-state index contributed by atoms with van der Waals surface area (Å²) in [4.78, 5) is 16.4. The fraction of sp³-hybridized carbons (Fsp3) is 0.238. The molecule has 0 bridgehead atoms. The van der Waals surface area contributed by atoms with Gasteiger partial charge in [-0.1, -0.05) is 42.5 Å². The highest BCUT2D eigenvalue weighted by Gasteiger charge is 2.18. The first-order chi connectivity index (χ1) is 12.6. The summed E-state index contributed by atoms with van der Waals surface area (Å²) >= 11 is 0. The van der Waals surface area contributed by atoms with E-state index in [1.807, 2.05) is 48.0 Å². The van der Waals surface area contributed by atoms with Crippen LogP contribution in [0.4, 0.5) is 4.39 Å². The van der Waals surface area contributed by atoms with Crippen molar-refractivity contribution in [1.29, 1.82) is 0 Å². The van der Waals surface area contributed by atoms with E-state index in [1.165, 1.54) is 6.07 Å². The number of rotatable bonds is 6. The van der Waals surface area contributed by atoms with Crippen molar-refractivity contribution in [1.82, 2.24) is 9.55 Å². The quantitative estimate of drug-likeness (QED) is 0.620. The Labute approximate surface area is 152 Å². The molecule has 0 aliphatic rings. The van der Waals surface area contributed by atoms with Crippen molar-refractivity contribution in [3.05, 3.63) is 78.1 Å². The molecule has 0 aliphatic heterocycles. The number of imidazole rings is 1. The molecule has 2 aromatic carbocycles. The number of ether oxygens (including phenoxy) is 1. The van der Waals surface area contributed by atoms with E-state index in [9.17, 15) is 9.18 Å². The molecule has 0 spiro atoms. The first kappa shape index (κ1) is 17.9. The van der Waals surface area contributed by atoms with E-state index in [0.29, 0.717) is 17.7 Å². The molecule has 0 fully saturated rings. The Morgan fingerprint density at radius 3 is 2.65 bits per heavy atom. The van der Waals surface area contributed by atoms with E-state index in [1.54, 1.807) is 25.3 Å². The number of aromatic nitrogens is 2. The third-order valence-corrected chi connectivity index (χ3v) is 4.43. The lowest BCUT2D eigenvalue weighted by molar-refractivity contribution is -0.145. The molecule has 1 heterocycles. The van der Waals surface area contributed by atoms with Gasteiger partial charge in [0.25, 0.3) is 0 Å². The largest absolute Gasteiger partial charge is 0.463 e. The summed E-state index contributed by atoms with van der Waals surface area (Å²) in [6.45, 7) is 4.42. The van der Waals surface area contributed by atoms with Crippen LogP contribution in [0.3, 0.4) is 0 Å². The zero-order valence-electron chi connectivity index (χ0n) is 14.9. The van der Waals surface area contributed by atoms with Crippen LogP contribution < -0.4 is 0 Å². The predicted octanol–water partition coefficient (Wildman–Crippen LogP) is 4.34. The number of carbonyl (C=O) groups excluding carboxylic acids is 1. The minimum Gasteiger partial charge on any atom is -0.463 e. The molecule has 4 nitrogen and oxygen atoms in total. The van der Waals surface area contributed by atoms with Crippen molar-refractivity contribution in [2.45, 2.75) is 26.3 Å². The summed E-state index contributed by atoms with van der Waals surface area (Å²) < 4.78 is 21.7. The van der Waals surface area contributed by atoms with Crippen molar-refractivity contribution in [3.8, 4) is 11.1 Å². The Hall–Kier alpha value is -2.95. The van der Waals surface area contributed by atoms with Crippen molar-refractivity contribution >= 4 is 5.97 Å². The maximum Gasteiger partial charge on any atom is 0.313 e.